The summed E-state index contributed by atoms with van der Waals surface area (Å²) >= 11 is 0. The van der Waals surface area contributed by atoms with Gasteiger partial charge in [0.05, 0.1) is 52.4 Å². The van der Waals surface area contributed by atoms with Crippen molar-refractivity contribution in [3.05, 3.63) is 0 Å². The van der Waals surface area contributed by atoms with E-state index in [0.717, 1.165) is 0 Å². The van der Waals surface area contributed by atoms with Gasteiger partial charge in [-0.3, -0.25) is 0 Å². The summed E-state index contributed by atoms with van der Waals surface area (Å²) in [5.41, 5.74) is 0. The van der Waals surface area contributed by atoms with Crippen LogP contribution in [-0.2, 0) is 14.2 Å². The van der Waals surface area contributed by atoms with E-state index in [0.29, 0.717) is 45.6 Å². The number of hydrogen-bond donors (Lipinski definition) is 3. The van der Waals surface area contributed by atoms with Gasteiger partial charge in [-0.2, -0.15) is 0 Å². The minimum absolute atomic E-state index is 0.0772. The molecular formula is C17H36O6. The van der Waals surface area contributed by atoms with Crippen LogP contribution in [0.2, 0.25) is 0 Å². The van der Waals surface area contributed by atoms with E-state index >= 15 is 0 Å². The molecule has 0 amide bonds. The van der Waals surface area contributed by atoms with Crippen LogP contribution in [0, 0.1) is 23.7 Å². The molecule has 0 aromatic carbocycles. The van der Waals surface area contributed by atoms with Crippen LogP contribution in [0.1, 0.15) is 27.7 Å². The fourth-order valence-electron chi connectivity index (χ4n) is 1.84. The molecule has 6 nitrogen and oxygen atoms in total. The van der Waals surface area contributed by atoms with Crippen molar-refractivity contribution in [2.75, 3.05) is 52.9 Å². The lowest BCUT2D eigenvalue weighted by Crippen LogP contribution is -2.27. The lowest BCUT2D eigenvalue weighted by atomic mass is 10.1. The maximum atomic E-state index is 9.43. The molecule has 0 heterocycles. The van der Waals surface area contributed by atoms with E-state index < -0.39 is 6.10 Å². The van der Waals surface area contributed by atoms with Gasteiger partial charge in [0, 0.05) is 30.3 Å². The molecule has 0 rings (SSSR count). The van der Waals surface area contributed by atoms with Crippen molar-refractivity contribution in [3.8, 4) is 0 Å². The van der Waals surface area contributed by atoms with E-state index in [2.05, 4.69) is 13.8 Å². The molecule has 0 aliphatic carbocycles. The molecule has 0 aliphatic rings. The van der Waals surface area contributed by atoms with Gasteiger partial charge < -0.3 is 29.5 Å². The van der Waals surface area contributed by atoms with Crippen molar-refractivity contribution >= 4 is 0 Å². The highest BCUT2D eigenvalue weighted by Gasteiger charge is 2.14. The number of aliphatic hydroxyl groups excluding tert-OH is 3. The first-order valence-corrected chi connectivity index (χ1v) is 8.53. The minimum atomic E-state index is -0.726. The third kappa shape index (κ3) is 12.8. The third-order valence-electron chi connectivity index (χ3n) is 3.55. The average molecular weight is 336 g/mol. The summed E-state index contributed by atoms with van der Waals surface area (Å²) in [5, 5.41) is 27.2. The van der Waals surface area contributed by atoms with Gasteiger partial charge in [0.1, 0.15) is 0 Å². The fraction of sp³-hybridized carbons (Fsp3) is 1.00. The summed E-state index contributed by atoms with van der Waals surface area (Å²) in [7, 11) is 0. The van der Waals surface area contributed by atoms with E-state index in [1.807, 2.05) is 13.8 Å². The van der Waals surface area contributed by atoms with E-state index in [-0.39, 0.29) is 31.0 Å². The molecule has 0 fully saturated rings. The summed E-state index contributed by atoms with van der Waals surface area (Å²) in [6, 6.07) is 0. The first kappa shape index (κ1) is 22.8. The Morgan fingerprint density at radius 3 is 1.39 bits per heavy atom. The quantitative estimate of drug-likeness (QED) is 0.412. The van der Waals surface area contributed by atoms with Gasteiger partial charge in [0.2, 0.25) is 0 Å². The third-order valence-corrected chi connectivity index (χ3v) is 3.55. The highest BCUT2D eigenvalue weighted by Crippen LogP contribution is 2.06. The predicted octanol–water partition coefficient (Wildman–Crippen LogP) is 0.926. The molecule has 0 saturated heterocycles. The van der Waals surface area contributed by atoms with Crippen LogP contribution < -0.4 is 0 Å². The smallest absolute Gasteiger partial charge is 0.0818 e. The zero-order valence-electron chi connectivity index (χ0n) is 15.1. The molecule has 0 saturated carbocycles. The second-order valence-corrected chi connectivity index (χ2v) is 6.84. The maximum absolute atomic E-state index is 9.43. The summed E-state index contributed by atoms with van der Waals surface area (Å²) in [6.45, 7) is 11.3. The van der Waals surface area contributed by atoms with Gasteiger partial charge >= 0.3 is 0 Å². The summed E-state index contributed by atoms with van der Waals surface area (Å²) < 4.78 is 16.7. The van der Waals surface area contributed by atoms with Crippen LogP contribution in [0.15, 0.2) is 0 Å². The standard InChI is InChI=1S/C17H36O6/c1-13(5-18)7-21-8-14(2)9-22-10-15(3)11-23-12-16(4)17(20)6-19/h13-20H,5-12H2,1-4H3. The van der Waals surface area contributed by atoms with Gasteiger partial charge in [-0.1, -0.05) is 27.7 Å². The van der Waals surface area contributed by atoms with Gasteiger partial charge in [-0.05, 0) is 0 Å². The molecule has 0 radical (unpaired) electrons. The predicted molar refractivity (Wildman–Crippen MR) is 89.3 cm³/mol. The largest absolute Gasteiger partial charge is 0.396 e. The Kier molecular flexibility index (Phi) is 14.0. The molecule has 0 aromatic rings. The monoisotopic (exact) mass is 336 g/mol. The molecule has 3 N–H and O–H groups in total. The zero-order valence-corrected chi connectivity index (χ0v) is 15.1. The Bertz CT molecular complexity index is 263. The van der Waals surface area contributed by atoms with Crippen molar-refractivity contribution < 1.29 is 29.5 Å². The minimum Gasteiger partial charge on any atom is -0.396 e. The topological polar surface area (TPSA) is 88.4 Å². The first-order chi connectivity index (χ1) is 10.9. The van der Waals surface area contributed by atoms with Gasteiger partial charge in [-0.15, -0.1) is 0 Å². The molecule has 5 atom stereocenters. The maximum Gasteiger partial charge on any atom is 0.0818 e. The van der Waals surface area contributed by atoms with Gasteiger partial charge in [0.15, 0.2) is 0 Å². The Hall–Kier alpha value is -0.240. The molecule has 0 aromatic heterocycles. The van der Waals surface area contributed by atoms with E-state index in [1.54, 1.807) is 0 Å². The van der Waals surface area contributed by atoms with Crippen LogP contribution in [0.5, 0.6) is 0 Å². The van der Waals surface area contributed by atoms with E-state index in [4.69, 9.17) is 24.4 Å². The fourth-order valence-corrected chi connectivity index (χ4v) is 1.84. The molecule has 5 unspecified atom stereocenters. The summed E-state index contributed by atoms with van der Waals surface area (Å²) in [6.07, 6.45) is -0.726. The average Bonchev–Trinajstić information content (AvgIpc) is 2.53. The van der Waals surface area contributed by atoms with Crippen LogP contribution in [0.25, 0.3) is 0 Å². The second-order valence-electron chi connectivity index (χ2n) is 6.84. The van der Waals surface area contributed by atoms with Gasteiger partial charge in [-0.25, -0.2) is 0 Å². The summed E-state index contributed by atoms with van der Waals surface area (Å²) in [5.74, 6) is 0.684. The van der Waals surface area contributed by atoms with Crippen LogP contribution >= 0.6 is 0 Å². The summed E-state index contributed by atoms with van der Waals surface area (Å²) in [4.78, 5) is 0. The highest BCUT2D eigenvalue weighted by molar-refractivity contribution is 4.62. The zero-order chi connectivity index (χ0) is 17.7. The molecule has 0 bridgehead atoms. The number of rotatable bonds is 15. The first-order valence-electron chi connectivity index (χ1n) is 8.53. The van der Waals surface area contributed by atoms with Crippen LogP contribution in [0.3, 0.4) is 0 Å². The Morgan fingerprint density at radius 2 is 1.00 bits per heavy atom. The Morgan fingerprint density at radius 1 is 0.609 bits per heavy atom. The Balaban J connectivity index is 3.56. The Labute approximate surface area is 140 Å². The highest BCUT2D eigenvalue weighted by atomic mass is 16.5. The number of hydrogen-bond acceptors (Lipinski definition) is 6. The van der Waals surface area contributed by atoms with Crippen molar-refractivity contribution in [1.82, 2.24) is 0 Å². The van der Waals surface area contributed by atoms with Crippen molar-refractivity contribution in [3.63, 3.8) is 0 Å². The normalized spacial score (nSPS) is 18.4. The SMILES string of the molecule is CC(CO)COCC(C)COCC(C)COCC(C)C(O)CO. The van der Waals surface area contributed by atoms with E-state index in [1.165, 1.54) is 0 Å². The number of ether oxygens (including phenoxy) is 3. The van der Waals surface area contributed by atoms with Crippen LogP contribution in [-0.4, -0.2) is 74.3 Å². The van der Waals surface area contributed by atoms with Crippen LogP contribution in [0.4, 0.5) is 0 Å². The van der Waals surface area contributed by atoms with Crippen molar-refractivity contribution in [2.24, 2.45) is 23.7 Å². The van der Waals surface area contributed by atoms with E-state index in [9.17, 15) is 5.11 Å². The molecule has 6 heteroatoms. The second kappa shape index (κ2) is 14.1. The molecule has 23 heavy (non-hydrogen) atoms. The molecule has 0 spiro atoms. The lowest BCUT2D eigenvalue weighted by molar-refractivity contribution is -0.0176. The lowest BCUT2D eigenvalue weighted by Gasteiger charge is -2.19. The number of aliphatic hydroxyl groups is 3. The molecule has 140 valence electrons. The molecule has 0 aliphatic heterocycles. The molecular weight excluding hydrogens is 300 g/mol. The van der Waals surface area contributed by atoms with Crippen molar-refractivity contribution in [2.45, 2.75) is 33.8 Å². The van der Waals surface area contributed by atoms with Crippen molar-refractivity contribution in [1.29, 1.82) is 0 Å². The van der Waals surface area contributed by atoms with Gasteiger partial charge in [0.25, 0.3) is 0 Å².